The van der Waals surface area contributed by atoms with Crippen LogP contribution in [-0.4, -0.2) is 23.8 Å². The van der Waals surface area contributed by atoms with E-state index in [2.05, 4.69) is 5.10 Å². The predicted molar refractivity (Wildman–Crippen MR) is 58.3 cm³/mol. The molecule has 7 heteroatoms. The summed E-state index contributed by atoms with van der Waals surface area (Å²) in [4.78, 5) is 0. The first-order valence-electron chi connectivity index (χ1n) is 4.86. The van der Waals surface area contributed by atoms with E-state index in [9.17, 15) is 12.8 Å². The van der Waals surface area contributed by atoms with Crippen molar-refractivity contribution in [2.75, 3.05) is 5.75 Å². The minimum absolute atomic E-state index is 0.0191. The molecule has 0 bridgehead atoms. The molecule has 0 spiro atoms. The Kier molecular flexibility index (Phi) is 3.03. The summed E-state index contributed by atoms with van der Waals surface area (Å²) in [6, 6.07) is 5.99. The molecule has 0 saturated heterocycles. The Hall–Kier alpha value is -1.60. The van der Waals surface area contributed by atoms with Crippen LogP contribution in [-0.2, 0) is 16.7 Å². The molecule has 1 aromatic carbocycles. The lowest BCUT2D eigenvalue weighted by Crippen LogP contribution is -2.40. The van der Waals surface area contributed by atoms with Crippen LogP contribution in [0.25, 0.3) is 10.9 Å². The quantitative estimate of drug-likeness (QED) is 0.644. The van der Waals surface area contributed by atoms with Gasteiger partial charge in [0.05, 0.1) is 0 Å². The molecule has 1 N–H and O–H groups in total. The predicted octanol–water partition coefficient (Wildman–Crippen LogP) is 0.549. The molecule has 0 saturated carbocycles. The molecule has 1 aromatic heterocycles. The standard InChI is InChI=1S/C10H9FN2O3S/c11-9-2-1-3-10-8(9)4-5-13(12-10)6-7-17(14,15)16/h1-5H,6-7H2/p+1. The molecule has 0 aliphatic carbocycles. The highest BCUT2D eigenvalue weighted by atomic mass is 32.2. The number of nitrogens with zero attached hydrogens (tertiary/aromatic N) is 2. The summed E-state index contributed by atoms with van der Waals surface area (Å²) in [6.45, 7) is 0.0191. The summed E-state index contributed by atoms with van der Waals surface area (Å²) in [6.07, 6.45) is 1.47. The molecule has 2 rings (SSSR count). The molecule has 0 aliphatic heterocycles. The van der Waals surface area contributed by atoms with Crippen LogP contribution in [0.4, 0.5) is 4.39 Å². The van der Waals surface area contributed by atoms with E-state index in [0.717, 1.165) is 0 Å². The van der Waals surface area contributed by atoms with Crippen molar-refractivity contribution in [3.63, 3.8) is 0 Å². The molecule has 0 aliphatic rings. The number of fused-ring (bicyclic) bond motifs is 1. The maximum absolute atomic E-state index is 13.3. The average Bonchev–Trinajstić information content (AvgIpc) is 2.26. The molecule has 17 heavy (non-hydrogen) atoms. The maximum Gasteiger partial charge on any atom is 0.271 e. The van der Waals surface area contributed by atoms with Crippen LogP contribution in [0.5, 0.6) is 0 Å². The second kappa shape index (κ2) is 4.34. The van der Waals surface area contributed by atoms with Gasteiger partial charge in [0.2, 0.25) is 0 Å². The van der Waals surface area contributed by atoms with Gasteiger partial charge >= 0.3 is 0 Å². The van der Waals surface area contributed by atoms with E-state index < -0.39 is 15.9 Å². The van der Waals surface area contributed by atoms with Crippen LogP contribution in [0, 0.1) is 5.82 Å². The molecular weight excluding hydrogens is 247 g/mol. The highest BCUT2D eigenvalue weighted by molar-refractivity contribution is 7.85. The van der Waals surface area contributed by atoms with Crippen molar-refractivity contribution < 1.29 is 22.0 Å². The number of benzene rings is 1. The second-order valence-electron chi connectivity index (χ2n) is 3.54. The Morgan fingerprint density at radius 2 is 2.12 bits per heavy atom. The van der Waals surface area contributed by atoms with E-state index in [0.29, 0.717) is 10.9 Å². The molecule has 5 nitrogen and oxygen atoms in total. The van der Waals surface area contributed by atoms with Gasteiger partial charge in [-0.2, -0.15) is 8.42 Å². The molecule has 2 aromatic rings. The monoisotopic (exact) mass is 257 g/mol. The fourth-order valence-electron chi connectivity index (χ4n) is 1.44. The summed E-state index contributed by atoms with van der Waals surface area (Å²) in [7, 11) is -4.02. The van der Waals surface area contributed by atoms with E-state index >= 15 is 0 Å². The first-order valence-corrected chi connectivity index (χ1v) is 6.47. The summed E-state index contributed by atoms with van der Waals surface area (Å²) in [5.41, 5.74) is 0.433. The minimum atomic E-state index is -4.02. The van der Waals surface area contributed by atoms with Crippen molar-refractivity contribution in [2.24, 2.45) is 0 Å². The molecule has 0 atom stereocenters. The summed E-state index contributed by atoms with van der Waals surface area (Å²) >= 11 is 0. The zero-order chi connectivity index (χ0) is 12.5. The molecular formula is C10H10FN2O3S+. The lowest BCUT2D eigenvalue weighted by Gasteiger charge is -1.97. The average molecular weight is 257 g/mol. The zero-order valence-corrected chi connectivity index (χ0v) is 9.56. The smallest absolute Gasteiger partial charge is 0.271 e. The van der Waals surface area contributed by atoms with Crippen molar-refractivity contribution >= 4 is 21.0 Å². The normalized spacial score (nSPS) is 11.9. The van der Waals surface area contributed by atoms with Crippen LogP contribution in [0.2, 0.25) is 0 Å². The van der Waals surface area contributed by atoms with Crippen LogP contribution in [0.3, 0.4) is 0 Å². The van der Waals surface area contributed by atoms with Gasteiger partial charge in [0, 0.05) is 16.6 Å². The highest BCUT2D eigenvalue weighted by Gasteiger charge is 2.12. The molecule has 0 radical (unpaired) electrons. The highest BCUT2D eigenvalue weighted by Crippen LogP contribution is 2.12. The van der Waals surface area contributed by atoms with E-state index in [1.807, 2.05) is 0 Å². The van der Waals surface area contributed by atoms with Crippen molar-refractivity contribution in [3.05, 3.63) is 36.3 Å². The van der Waals surface area contributed by atoms with Crippen LogP contribution in [0.1, 0.15) is 0 Å². The van der Waals surface area contributed by atoms with E-state index in [1.165, 1.54) is 29.1 Å². The van der Waals surface area contributed by atoms with Crippen LogP contribution < -0.4 is 4.68 Å². The fourth-order valence-corrected chi connectivity index (χ4v) is 1.86. The number of aromatic nitrogens is 2. The number of halogens is 1. The van der Waals surface area contributed by atoms with Crippen molar-refractivity contribution in [3.8, 4) is 0 Å². The van der Waals surface area contributed by atoms with E-state index in [4.69, 9.17) is 4.55 Å². The van der Waals surface area contributed by atoms with Gasteiger partial charge in [0.1, 0.15) is 17.1 Å². The first kappa shape index (κ1) is 11.9. The summed E-state index contributed by atoms with van der Waals surface area (Å²) in [5, 5.41) is 4.41. The Morgan fingerprint density at radius 1 is 1.35 bits per heavy atom. The van der Waals surface area contributed by atoms with Crippen LogP contribution in [0.15, 0.2) is 30.5 Å². The van der Waals surface area contributed by atoms with Crippen LogP contribution >= 0.6 is 0 Å². The first-order chi connectivity index (χ1) is 7.96. The van der Waals surface area contributed by atoms with Gasteiger partial charge in [-0.15, -0.1) is 0 Å². The van der Waals surface area contributed by atoms with Crippen molar-refractivity contribution in [2.45, 2.75) is 6.54 Å². The van der Waals surface area contributed by atoms with Crippen molar-refractivity contribution in [1.82, 2.24) is 5.10 Å². The maximum atomic E-state index is 13.3. The molecule has 0 unspecified atom stereocenters. The number of hydrogen-bond donors (Lipinski definition) is 1. The third-order valence-electron chi connectivity index (χ3n) is 2.26. The van der Waals surface area contributed by atoms with Crippen molar-refractivity contribution in [1.29, 1.82) is 0 Å². The lowest BCUT2D eigenvalue weighted by molar-refractivity contribution is -0.747. The van der Waals surface area contributed by atoms with E-state index in [-0.39, 0.29) is 12.4 Å². The van der Waals surface area contributed by atoms with Gasteiger partial charge in [0.25, 0.3) is 10.1 Å². The fraction of sp³-hybridized carbons (Fsp3) is 0.200. The Labute approximate surface area is 97.3 Å². The number of rotatable bonds is 3. The van der Waals surface area contributed by atoms with Gasteiger partial charge in [-0.05, 0) is 12.1 Å². The Balaban J connectivity index is 2.32. The molecule has 0 amide bonds. The van der Waals surface area contributed by atoms with Gasteiger partial charge < -0.3 is 0 Å². The molecule has 0 fully saturated rings. The topological polar surface area (TPSA) is 71.1 Å². The summed E-state index contributed by atoms with van der Waals surface area (Å²) in [5.74, 6) is -0.803. The third-order valence-corrected chi connectivity index (χ3v) is 2.96. The zero-order valence-electron chi connectivity index (χ0n) is 8.75. The SMILES string of the molecule is O=S(=O)(O)CC[n+]1ccc2c(F)cccc2n1. The number of aryl methyl sites for hydroxylation is 1. The van der Waals surface area contributed by atoms with Gasteiger partial charge in [-0.3, -0.25) is 4.55 Å². The Bertz CT molecular complexity index is 658. The van der Waals surface area contributed by atoms with Gasteiger partial charge in [0.15, 0.2) is 12.7 Å². The molecule has 90 valence electrons. The largest absolute Gasteiger partial charge is 0.285 e. The minimum Gasteiger partial charge on any atom is -0.285 e. The lowest BCUT2D eigenvalue weighted by atomic mass is 10.2. The third kappa shape index (κ3) is 2.95. The summed E-state index contributed by atoms with van der Waals surface area (Å²) < 4.78 is 44.4. The van der Waals surface area contributed by atoms with Gasteiger partial charge in [-0.25, -0.2) is 4.39 Å². The molecule has 1 heterocycles. The second-order valence-corrected chi connectivity index (χ2v) is 5.11. The van der Waals surface area contributed by atoms with E-state index in [1.54, 1.807) is 6.07 Å². The number of hydrogen-bond acceptors (Lipinski definition) is 3. The van der Waals surface area contributed by atoms with Gasteiger partial charge in [-0.1, -0.05) is 10.7 Å². The Morgan fingerprint density at radius 3 is 2.82 bits per heavy atom.